The van der Waals surface area contributed by atoms with Crippen molar-refractivity contribution in [2.45, 2.75) is 20.0 Å². The zero-order valence-electron chi connectivity index (χ0n) is 16.3. The Kier molecular flexibility index (Phi) is 8.84. The summed E-state index contributed by atoms with van der Waals surface area (Å²) in [5.74, 6) is 1.48. The van der Waals surface area contributed by atoms with Gasteiger partial charge in [0.1, 0.15) is 6.26 Å². The molecule has 2 heterocycles. The van der Waals surface area contributed by atoms with Crippen LogP contribution < -0.4 is 10.1 Å². The summed E-state index contributed by atoms with van der Waals surface area (Å²) in [6, 6.07) is 7.36. The molecule has 1 fully saturated rings. The van der Waals surface area contributed by atoms with E-state index in [0.29, 0.717) is 12.3 Å². The van der Waals surface area contributed by atoms with E-state index in [1.54, 1.807) is 19.4 Å². The van der Waals surface area contributed by atoms with Crippen LogP contribution in [-0.4, -0.2) is 65.9 Å². The fourth-order valence-corrected chi connectivity index (χ4v) is 3.11. The lowest BCUT2D eigenvalue weighted by molar-refractivity contribution is 0.169. The van der Waals surface area contributed by atoms with E-state index < -0.39 is 0 Å². The Bertz CT molecular complexity index is 746. The number of piperazine rings is 1. The van der Waals surface area contributed by atoms with Crippen LogP contribution in [0.1, 0.15) is 18.2 Å². The molecule has 2 aromatic rings. The first-order valence-corrected chi connectivity index (χ1v) is 9.21. The molecule has 0 saturated carbocycles. The summed E-state index contributed by atoms with van der Waals surface area (Å²) in [5, 5.41) is 17.6. The van der Waals surface area contributed by atoms with Gasteiger partial charge < -0.3 is 24.6 Å². The molecule has 8 nitrogen and oxygen atoms in total. The Hall–Kier alpha value is -2.01. The molecule has 1 aromatic carbocycles. The molecular weight excluding hydrogens is 473 g/mol. The van der Waals surface area contributed by atoms with E-state index in [1.165, 1.54) is 0 Å². The smallest absolute Gasteiger partial charge is 0.194 e. The minimum Gasteiger partial charge on any atom is -0.504 e. The largest absolute Gasteiger partial charge is 0.504 e. The van der Waals surface area contributed by atoms with Crippen LogP contribution in [0.15, 0.2) is 40.0 Å². The van der Waals surface area contributed by atoms with Gasteiger partial charge in [0, 0.05) is 50.9 Å². The number of methoxy groups -OCH3 is 1. The molecule has 0 amide bonds. The Morgan fingerprint density at radius 1 is 1.29 bits per heavy atom. The Morgan fingerprint density at radius 2 is 2.07 bits per heavy atom. The average molecular weight is 501 g/mol. The van der Waals surface area contributed by atoms with E-state index in [0.717, 1.165) is 56.5 Å². The molecule has 0 unspecified atom stereocenters. The number of ether oxygens (including phenoxy) is 1. The summed E-state index contributed by atoms with van der Waals surface area (Å²) in [5.41, 5.74) is 1.70. The lowest BCUT2D eigenvalue weighted by Crippen LogP contribution is -2.52. The third-order valence-corrected chi connectivity index (χ3v) is 4.59. The SMILES string of the molecule is CCNC(=NCc1cccc(OC)c1O)N1CCN(Cc2ccon2)CC1.I. The van der Waals surface area contributed by atoms with Crippen molar-refractivity contribution in [3.63, 3.8) is 0 Å². The van der Waals surface area contributed by atoms with Crippen LogP contribution in [0, 0.1) is 0 Å². The van der Waals surface area contributed by atoms with Gasteiger partial charge in [0.15, 0.2) is 17.5 Å². The molecule has 0 atom stereocenters. The summed E-state index contributed by atoms with van der Waals surface area (Å²) in [6.07, 6.45) is 1.61. The first-order chi connectivity index (χ1) is 13.2. The van der Waals surface area contributed by atoms with Crippen molar-refractivity contribution in [3.05, 3.63) is 41.8 Å². The fourth-order valence-electron chi connectivity index (χ4n) is 3.11. The second kappa shape index (κ2) is 11.1. The van der Waals surface area contributed by atoms with Gasteiger partial charge in [-0.3, -0.25) is 4.90 Å². The van der Waals surface area contributed by atoms with E-state index in [9.17, 15) is 5.11 Å². The number of aliphatic imine (C=N–C) groups is 1. The van der Waals surface area contributed by atoms with Crippen molar-refractivity contribution in [2.75, 3.05) is 39.8 Å². The maximum Gasteiger partial charge on any atom is 0.194 e. The molecule has 0 spiro atoms. The molecule has 3 rings (SSSR count). The molecule has 1 aliphatic rings. The summed E-state index contributed by atoms with van der Waals surface area (Å²) in [4.78, 5) is 9.32. The summed E-state index contributed by atoms with van der Waals surface area (Å²) >= 11 is 0. The predicted molar refractivity (Wildman–Crippen MR) is 118 cm³/mol. The maximum atomic E-state index is 10.3. The van der Waals surface area contributed by atoms with Gasteiger partial charge in [0.05, 0.1) is 19.3 Å². The highest BCUT2D eigenvalue weighted by Crippen LogP contribution is 2.29. The van der Waals surface area contributed by atoms with Gasteiger partial charge in [-0.25, -0.2) is 4.99 Å². The molecule has 1 aromatic heterocycles. The van der Waals surface area contributed by atoms with Crippen LogP contribution in [0.5, 0.6) is 11.5 Å². The Morgan fingerprint density at radius 3 is 2.71 bits per heavy atom. The molecule has 28 heavy (non-hydrogen) atoms. The molecule has 1 saturated heterocycles. The number of hydrogen-bond acceptors (Lipinski definition) is 6. The van der Waals surface area contributed by atoms with E-state index >= 15 is 0 Å². The molecule has 0 bridgehead atoms. The summed E-state index contributed by atoms with van der Waals surface area (Å²) < 4.78 is 10.1. The normalized spacial score (nSPS) is 15.2. The number of guanidine groups is 1. The zero-order chi connectivity index (χ0) is 19.1. The van der Waals surface area contributed by atoms with Gasteiger partial charge in [0.25, 0.3) is 0 Å². The quantitative estimate of drug-likeness (QED) is 0.357. The lowest BCUT2D eigenvalue weighted by Gasteiger charge is -2.36. The topological polar surface area (TPSA) is 86.4 Å². The number of benzene rings is 1. The number of aromatic hydroxyl groups is 1. The number of rotatable bonds is 6. The van der Waals surface area contributed by atoms with Crippen LogP contribution in [0.25, 0.3) is 0 Å². The number of para-hydroxylation sites is 1. The van der Waals surface area contributed by atoms with E-state index in [1.807, 2.05) is 18.2 Å². The van der Waals surface area contributed by atoms with Crippen LogP contribution in [0.2, 0.25) is 0 Å². The molecule has 0 aliphatic carbocycles. The van der Waals surface area contributed by atoms with Crippen molar-refractivity contribution in [3.8, 4) is 11.5 Å². The molecule has 2 N–H and O–H groups in total. The van der Waals surface area contributed by atoms with Crippen molar-refractivity contribution in [1.29, 1.82) is 0 Å². The number of nitrogens with one attached hydrogen (secondary N) is 1. The lowest BCUT2D eigenvalue weighted by atomic mass is 10.2. The molecule has 1 aliphatic heterocycles. The molecule has 9 heteroatoms. The van der Waals surface area contributed by atoms with Gasteiger partial charge in [0.2, 0.25) is 0 Å². The molecule has 0 radical (unpaired) electrons. The molecular formula is C19H28IN5O3. The van der Waals surface area contributed by atoms with Crippen LogP contribution in [0.4, 0.5) is 0 Å². The second-order valence-electron chi connectivity index (χ2n) is 6.39. The third-order valence-electron chi connectivity index (χ3n) is 4.59. The monoisotopic (exact) mass is 501 g/mol. The van der Waals surface area contributed by atoms with Gasteiger partial charge in [-0.2, -0.15) is 0 Å². The number of halogens is 1. The first kappa shape index (κ1) is 22.3. The minimum atomic E-state index is 0. The third kappa shape index (κ3) is 5.74. The van der Waals surface area contributed by atoms with E-state index in [-0.39, 0.29) is 29.7 Å². The predicted octanol–water partition coefficient (Wildman–Crippen LogP) is 2.29. The van der Waals surface area contributed by atoms with E-state index in [4.69, 9.17) is 14.3 Å². The summed E-state index contributed by atoms with van der Waals surface area (Å²) in [6.45, 7) is 7.67. The number of hydrogen-bond donors (Lipinski definition) is 2. The van der Waals surface area contributed by atoms with Crippen molar-refractivity contribution < 1.29 is 14.4 Å². The van der Waals surface area contributed by atoms with Crippen LogP contribution >= 0.6 is 24.0 Å². The number of phenolic OH excluding ortho intramolecular Hbond substituents is 1. The zero-order valence-corrected chi connectivity index (χ0v) is 18.6. The first-order valence-electron chi connectivity index (χ1n) is 9.21. The fraction of sp³-hybridized carbons (Fsp3) is 0.474. The van der Waals surface area contributed by atoms with E-state index in [2.05, 4.69) is 27.2 Å². The molecule has 154 valence electrons. The summed E-state index contributed by atoms with van der Waals surface area (Å²) in [7, 11) is 1.55. The maximum absolute atomic E-state index is 10.3. The highest BCUT2D eigenvalue weighted by atomic mass is 127. The van der Waals surface area contributed by atoms with Crippen molar-refractivity contribution in [2.24, 2.45) is 4.99 Å². The van der Waals surface area contributed by atoms with Crippen molar-refractivity contribution in [1.82, 2.24) is 20.3 Å². The van der Waals surface area contributed by atoms with Gasteiger partial charge in [-0.05, 0) is 13.0 Å². The number of nitrogens with zero attached hydrogens (tertiary/aromatic N) is 4. The Labute approximate surface area is 182 Å². The van der Waals surface area contributed by atoms with Crippen LogP contribution in [-0.2, 0) is 13.1 Å². The highest BCUT2D eigenvalue weighted by Gasteiger charge is 2.20. The van der Waals surface area contributed by atoms with Gasteiger partial charge in [-0.15, -0.1) is 24.0 Å². The number of aromatic nitrogens is 1. The Balaban J connectivity index is 0.00000280. The van der Waals surface area contributed by atoms with Crippen molar-refractivity contribution >= 4 is 29.9 Å². The standard InChI is InChI=1S/C19H27N5O3.HI/c1-3-20-19(21-13-15-5-4-6-17(26-2)18(15)25)24-10-8-23(9-11-24)14-16-7-12-27-22-16;/h4-7,12,25H,3,8-11,13-14H2,1-2H3,(H,20,21);1H. The average Bonchev–Trinajstić information content (AvgIpc) is 3.20. The minimum absolute atomic E-state index is 0. The highest BCUT2D eigenvalue weighted by molar-refractivity contribution is 14.0. The van der Waals surface area contributed by atoms with Gasteiger partial charge in [-0.1, -0.05) is 17.3 Å². The van der Waals surface area contributed by atoms with Crippen LogP contribution in [0.3, 0.4) is 0 Å². The van der Waals surface area contributed by atoms with Gasteiger partial charge >= 0.3 is 0 Å². The second-order valence-corrected chi connectivity index (χ2v) is 6.39. The number of phenols is 1.